The van der Waals surface area contributed by atoms with Gasteiger partial charge < -0.3 is 10.4 Å². The molecule has 2 atom stereocenters. The van der Waals surface area contributed by atoms with Crippen LogP contribution in [0, 0.1) is 6.92 Å². The second-order valence-corrected chi connectivity index (χ2v) is 5.86. The van der Waals surface area contributed by atoms with Gasteiger partial charge in [-0.05, 0) is 43.3 Å². The van der Waals surface area contributed by atoms with Crippen LogP contribution in [0.2, 0.25) is 0 Å². The predicted molar refractivity (Wildman–Crippen MR) is 79.2 cm³/mol. The molecule has 0 aromatic carbocycles. The van der Waals surface area contributed by atoms with Gasteiger partial charge in [-0.2, -0.15) is 0 Å². The van der Waals surface area contributed by atoms with Gasteiger partial charge in [-0.3, -0.25) is 4.98 Å². The van der Waals surface area contributed by atoms with Crippen LogP contribution < -0.4 is 5.32 Å². The molecule has 0 amide bonds. The highest BCUT2D eigenvalue weighted by Crippen LogP contribution is 2.22. The zero-order chi connectivity index (χ0) is 13.7. The van der Waals surface area contributed by atoms with Crippen molar-refractivity contribution in [2.24, 2.45) is 0 Å². The molecule has 0 saturated carbocycles. The van der Waals surface area contributed by atoms with Gasteiger partial charge in [0.15, 0.2) is 0 Å². The lowest BCUT2D eigenvalue weighted by Crippen LogP contribution is -2.27. The van der Waals surface area contributed by atoms with E-state index in [1.807, 2.05) is 36.7 Å². The zero-order valence-electron chi connectivity index (χ0n) is 11.3. The van der Waals surface area contributed by atoms with Crippen molar-refractivity contribution in [1.29, 1.82) is 0 Å². The number of pyridine rings is 1. The van der Waals surface area contributed by atoms with E-state index in [1.54, 1.807) is 11.3 Å². The summed E-state index contributed by atoms with van der Waals surface area (Å²) in [7, 11) is 0. The predicted octanol–water partition coefficient (Wildman–Crippen LogP) is 3.05. The van der Waals surface area contributed by atoms with Gasteiger partial charge in [-0.15, -0.1) is 11.3 Å². The standard InChI is InChI=1S/C15H20N2OS/c1-11-5-6-13(17-9-11)10-16-12(2)8-14(18)15-4-3-7-19-15/h3-7,9,12,14,16,18H,8,10H2,1-2H3. The molecule has 2 aromatic heterocycles. The lowest BCUT2D eigenvalue weighted by Gasteiger charge is -2.17. The molecular formula is C15H20N2OS. The van der Waals surface area contributed by atoms with Gasteiger partial charge in [0, 0.05) is 23.7 Å². The first-order valence-electron chi connectivity index (χ1n) is 6.51. The van der Waals surface area contributed by atoms with E-state index in [2.05, 4.69) is 23.3 Å². The fourth-order valence-electron chi connectivity index (χ4n) is 1.90. The second-order valence-electron chi connectivity index (χ2n) is 4.88. The van der Waals surface area contributed by atoms with Crippen LogP contribution in [-0.2, 0) is 6.54 Å². The van der Waals surface area contributed by atoms with E-state index in [0.29, 0.717) is 6.42 Å². The van der Waals surface area contributed by atoms with E-state index >= 15 is 0 Å². The largest absolute Gasteiger partial charge is 0.388 e. The molecule has 0 fully saturated rings. The Kier molecular flexibility index (Phi) is 5.07. The van der Waals surface area contributed by atoms with Crippen LogP contribution >= 0.6 is 11.3 Å². The van der Waals surface area contributed by atoms with Crippen LogP contribution in [-0.4, -0.2) is 16.1 Å². The number of aliphatic hydroxyl groups is 1. The highest BCUT2D eigenvalue weighted by Gasteiger charge is 2.12. The molecule has 0 bridgehead atoms. The van der Waals surface area contributed by atoms with E-state index in [1.165, 1.54) is 5.56 Å². The summed E-state index contributed by atoms with van der Waals surface area (Å²) in [5.74, 6) is 0. The van der Waals surface area contributed by atoms with Gasteiger partial charge in [0.05, 0.1) is 11.8 Å². The Morgan fingerprint density at radius 2 is 2.21 bits per heavy atom. The Morgan fingerprint density at radius 3 is 2.84 bits per heavy atom. The summed E-state index contributed by atoms with van der Waals surface area (Å²) in [6.07, 6.45) is 2.21. The number of aromatic nitrogens is 1. The number of nitrogens with zero attached hydrogens (tertiary/aromatic N) is 1. The molecule has 102 valence electrons. The van der Waals surface area contributed by atoms with Gasteiger partial charge in [0.25, 0.3) is 0 Å². The Bertz CT molecular complexity index is 481. The molecule has 0 saturated heterocycles. The maximum absolute atomic E-state index is 10.1. The van der Waals surface area contributed by atoms with Crippen LogP contribution in [0.4, 0.5) is 0 Å². The summed E-state index contributed by atoms with van der Waals surface area (Å²) in [6, 6.07) is 8.29. The molecule has 0 aliphatic heterocycles. The quantitative estimate of drug-likeness (QED) is 0.852. The normalized spacial score (nSPS) is 14.3. The molecule has 0 aliphatic rings. The smallest absolute Gasteiger partial charge is 0.0896 e. The molecular weight excluding hydrogens is 256 g/mol. The molecule has 4 heteroatoms. The van der Waals surface area contributed by atoms with E-state index in [9.17, 15) is 5.11 Å². The van der Waals surface area contributed by atoms with Gasteiger partial charge in [-0.1, -0.05) is 12.1 Å². The van der Waals surface area contributed by atoms with Crippen molar-refractivity contribution >= 4 is 11.3 Å². The van der Waals surface area contributed by atoms with Gasteiger partial charge in [0.1, 0.15) is 0 Å². The molecule has 2 aromatic rings. The van der Waals surface area contributed by atoms with Crippen LogP contribution in [0.15, 0.2) is 35.8 Å². The lowest BCUT2D eigenvalue weighted by atomic mass is 10.1. The first-order valence-corrected chi connectivity index (χ1v) is 7.39. The molecule has 0 radical (unpaired) electrons. The van der Waals surface area contributed by atoms with Crippen LogP contribution in [0.1, 0.15) is 35.6 Å². The van der Waals surface area contributed by atoms with Gasteiger partial charge in [0.2, 0.25) is 0 Å². The second kappa shape index (κ2) is 6.80. The van der Waals surface area contributed by atoms with E-state index < -0.39 is 0 Å². The number of nitrogens with one attached hydrogen (secondary N) is 1. The average Bonchev–Trinajstić information content (AvgIpc) is 2.92. The third-order valence-corrected chi connectivity index (χ3v) is 4.03. The molecule has 0 spiro atoms. The first-order chi connectivity index (χ1) is 9.15. The summed E-state index contributed by atoms with van der Waals surface area (Å²) in [5.41, 5.74) is 2.20. The highest BCUT2D eigenvalue weighted by atomic mass is 32.1. The van der Waals surface area contributed by atoms with Crippen LogP contribution in [0.25, 0.3) is 0 Å². The van der Waals surface area contributed by atoms with E-state index in [-0.39, 0.29) is 12.1 Å². The van der Waals surface area contributed by atoms with Crippen molar-refractivity contribution < 1.29 is 5.11 Å². The number of aliphatic hydroxyl groups excluding tert-OH is 1. The molecule has 2 N–H and O–H groups in total. The third-order valence-electron chi connectivity index (χ3n) is 3.05. The average molecular weight is 276 g/mol. The van der Waals surface area contributed by atoms with Crippen molar-refractivity contribution in [3.63, 3.8) is 0 Å². The maximum Gasteiger partial charge on any atom is 0.0896 e. The highest BCUT2D eigenvalue weighted by molar-refractivity contribution is 7.10. The number of rotatable bonds is 6. The Balaban J connectivity index is 1.78. The minimum atomic E-state index is -0.381. The van der Waals surface area contributed by atoms with Crippen LogP contribution in [0.3, 0.4) is 0 Å². The summed E-state index contributed by atoms with van der Waals surface area (Å²) >= 11 is 1.60. The fourth-order valence-corrected chi connectivity index (χ4v) is 2.62. The Morgan fingerprint density at radius 1 is 1.37 bits per heavy atom. The monoisotopic (exact) mass is 276 g/mol. The van der Waals surface area contributed by atoms with E-state index in [4.69, 9.17) is 0 Å². The summed E-state index contributed by atoms with van der Waals surface area (Å²) in [5, 5.41) is 15.5. The Labute approximate surface area is 118 Å². The minimum Gasteiger partial charge on any atom is -0.388 e. The van der Waals surface area contributed by atoms with E-state index in [0.717, 1.165) is 17.1 Å². The molecule has 2 unspecified atom stereocenters. The van der Waals surface area contributed by atoms with Crippen molar-refractivity contribution in [3.05, 3.63) is 52.0 Å². The molecule has 19 heavy (non-hydrogen) atoms. The Hall–Kier alpha value is -1.23. The van der Waals surface area contributed by atoms with Crippen molar-refractivity contribution in [2.45, 2.75) is 39.0 Å². The lowest BCUT2D eigenvalue weighted by molar-refractivity contribution is 0.157. The molecule has 2 heterocycles. The maximum atomic E-state index is 10.1. The van der Waals surface area contributed by atoms with Crippen LogP contribution in [0.5, 0.6) is 0 Å². The number of aryl methyl sites for hydroxylation is 1. The summed E-state index contributed by atoms with van der Waals surface area (Å²) in [6.45, 7) is 4.86. The number of thiophene rings is 1. The number of hydrogen-bond donors (Lipinski definition) is 2. The SMILES string of the molecule is Cc1ccc(CNC(C)CC(O)c2cccs2)nc1. The molecule has 2 rings (SSSR count). The van der Waals surface area contributed by atoms with Gasteiger partial charge >= 0.3 is 0 Å². The van der Waals surface area contributed by atoms with Crippen molar-refractivity contribution in [1.82, 2.24) is 10.3 Å². The topological polar surface area (TPSA) is 45.1 Å². The minimum absolute atomic E-state index is 0.250. The first kappa shape index (κ1) is 14.2. The summed E-state index contributed by atoms with van der Waals surface area (Å²) in [4.78, 5) is 5.39. The molecule has 3 nitrogen and oxygen atoms in total. The summed E-state index contributed by atoms with van der Waals surface area (Å²) < 4.78 is 0. The van der Waals surface area contributed by atoms with Crippen molar-refractivity contribution in [2.75, 3.05) is 0 Å². The third kappa shape index (κ3) is 4.42. The van der Waals surface area contributed by atoms with Crippen molar-refractivity contribution in [3.8, 4) is 0 Å². The zero-order valence-corrected chi connectivity index (χ0v) is 12.2. The fraction of sp³-hybridized carbons (Fsp3) is 0.400. The molecule has 0 aliphatic carbocycles. The van der Waals surface area contributed by atoms with Gasteiger partial charge in [-0.25, -0.2) is 0 Å². The number of hydrogen-bond acceptors (Lipinski definition) is 4.